The van der Waals surface area contributed by atoms with E-state index in [0.29, 0.717) is 11.3 Å². The number of hydrogen-bond acceptors (Lipinski definition) is 4. The van der Waals surface area contributed by atoms with Gasteiger partial charge >= 0.3 is 0 Å². The topological polar surface area (TPSA) is 55.2 Å². The van der Waals surface area contributed by atoms with Gasteiger partial charge in [0.1, 0.15) is 0 Å². The molecule has 0 spiro atoms. The van der Waals surface area contributed by atoms with Crippen LogP contribution in [0.4, 0.5) is 0 Å². The summed E-state index contributed by atoms with van der Waals surface area (Å²) < 4.78 is 29.4. The number of nitrogens with zero attached hydrogens (tertiary/aromatic N) is 3. The molecule has 0 atom stereocenters. The normalized spacial score (nSPS) is 12.0. The number of aryl methyl sites for hydroxylation is 1. The van der Waals surface area contributed by atoms with E-state index in [9.17, 15) is 8.42 Å². The van der Waals surface area contributed by atoms with Crippen LogP contribution in [0.2, 0.25) is 0 Å². The second-order valence-electron chi connectivity index (χ2n) is 7.58. The molecular weight excluding hydrogens is 462 g/mol. The van der Waals surface area contributed by atoms with Crippen molar-refractivity contribution in [2.75, 3.05) is 14.1 Å². The number of benzene rings is 2. The molecule has 0 saturated carbocycles. The third-order valence-corrected chi connectivity index (χ3v) is 7.33. The second kappa shape index (κ2) is 7.98. The largest absolute Gasteiger partial charge is 0.305 e. The summed E-state index contributed by atoms with van der Waals surface area (Å²) in [6, 6.07) is 18.5. The van der Waals surface area contributed by atoms with Crippen molar-refractivity contribution < 1.29 is 8.42 Å². The van der Waals surface area contributed by atoms with E-state index in [4.69, 9.17) is 0 Å². The Bertz CT molecular complexity index is 1310. The zero-order chi connectivity index (χ0) is 21.5. The molecule has 0 fully saturated rings. The number of aromatic nitrogens is 2. The van der Waals surface area contributed by atoms with Crippen molar-refractivity contribution in [2.45, 2.75) is 18.4 Å². The number of rotatable bonds is 5. The molecule has 0 aliphatic rings. The molecule has 2 aromatic heterocycles. The smallest absolute Gasteiger partial charge is 0.269 e. The Morgan fingerprint density at radius 2 is 1.67 bits per heavy atom. The molecule has 7 heteroatoms. The molecule has 2 heterocycles. The van der Waals surface area contributed by atoms with Crippen molar-refractivity contribution in [2.24, 2.45) is 0 Å². The number of pyridine rings is 1. The molecule has 0 N–H and O–H groups in total. The van der Waals surface area contributed by atoms with Crippen LogP contribution in [-0.2, 0) is 16.6 Å². The Labute approximate surface area is 185 Å². The van der Waals surface area contributed by atoms with Crippen molar-refractivity contribution in [1.82, 2.24) is 13.9 Å². The predicted molar refractivity (Wildman–Crippen MR) is 124 cm³/mol. The van der Waals surface area contributed by atoms with Gasteiger partial charge in [-0.05, 0) is 72.3 Å². The van der Waals surface area contributed by atoms with E-state index >= 15 is 0 Å². The summed E-state index contributed by atoms with van der Waals surface area (Å²) in [4.78, 5) is 6.73. The van der Waals surface area contributed by atoms with Gasteiger partial charge in [0.2, 0.25) is 0 Å². The molecule has 0 saturated heterocycles. The fraction of sp³-hybridized carbons (Fsp3) is 0.174. The summed E-state index contributed by atoms with van der Waals surface area (Å²) in [6.45, 7) is 2.75. The summed E-state index contributed by atoms with van der Waals surface area (Å²) in [6.07, 6.45) is 1.61. The third-order valence-electron chi connectivity index (χ3n) is 4.92. The molecule has 0 amide bonds. The van der Waals surface area contributed by atoms with E-state index in [1.807, 2.05) is 57.4 Å². The van der Waals surface area contributed by atoms with Gasteiger partial charge in [-0.2, -0.15) is 0 Å². The molecule has 0 unspecified atom stereocenters. The lowest BCUT2D eigenvalue weighted by Crippen LogP contribution is -2.15. The highest BCUT2D eigenvalue weighted by Gasteiger charge is 2.25. The van der Waals surface area contributed by atoms with Crippen LogP contribution < -0.4 is 0 Å². The van der Waals surface area contributed by atoms with Crippen LogP contribution in [0.5, 0.6) is 0 Å². The molecular formula is C23H22BrN3O2S. The Hall–Kier alpha value is -2.48. The first kappa shape index (κ1) is 20.8. The molecule has 0 aliphatic carbocycles. The van der Waals surface area contributed by atoms with E-state index < -0.39 is 10.0 Å². The van der Waals surface area contributed by atoms with E-state index in [0.717, 1.165) is 33.1 Å². The number of halogens is 1. The SMILES string of the molecule is Cc1ccc(S(=O)(=O)n2c(-c3ccc(CN(C)C)cc3)cc3c(Br)ccnc32)cc1. The van der Waals surface area contributed by atoms with Crippen LogP contribution >= 0.6 is 15.9 Å². The lowest BCUT2D eigenvalue weighted by molar-refractivity contribution is 0.402. The van der Waals surface area contributed by atoms with Gasteiger partial charge in [0.15, 0.2) is 5.65 Å². The van der Waals surface area contributed by atoms with Crippen molar-refractivity contribution in [3.8, 4) is 11.3 Å². The van der Waals surface area contributed by atoms with Gasteiger partial charge in [-0.15, -0.1) is 0 Å². The number of fused-ring (bicyclic) bond motifs is 1. The van der Waals surface area contributed by atoms with E-state index in [1.54, 1.807) is 30.5 Å². The first-order valence-corrected chi connectivity index (χ1v) is 11.7. The maximum absolute atomic E-state index is 13.6. The van der Waals surface area contributed by atoms with E-state index in [1.165, 1.54) is 3.97 Å². The van der Waals surface area contributed by atoms with Gasteiger partial charge in [-0.1, -0.05) is 42.0 Å². The molecule has 0 radical (unpaired) electrons. The van der Waals surface area contributed by atoms with Crippen LogP contribution in [0.1, 0.15) is 11.1 Å². The fourth-order valence-corrected chi connectivity index (χ4v) is 5.34. The lowest BCUT2D eigenvalue weighted by Gasteiger charge is -2.13. The summed E-state index contributed by atoms with van der Waals surface area (Å²) in [5.74, 6) is 0. The lowest BCUT2D eigenvalue weighted by atomic mass is 10.1. The molecule has 5 nitrogen and oxygen atoms in total. The van der Waals surface area contributed by atoms with E-state index in [2.05, 4.69) is 25.8 Å². The first-order valence-electron chi connectivity index (χ1n) is 9.49. The van der Waals surface area contributed by atoms with Crippen molar-refractivity contribution >= 4 is 37.0 Å². The maximum atomic E-state index is 13.6. The summed E-state index contributed by atoms with van der Waals surface area (Å²) in [7, 11) is 0.195. The van der Waals surface area contributed by atoms with Crippen LogP contribution in [0.15, 0.2) is 76.2 Å². The molecule has 4 rings (SSSR count). The molecule has 2 aromatic carbocycles. The van der Waals surface area contributed by atoms with Crippen molar-refractivity contribution in [3.05, 3.63) is 82.5 Å². The van der Waals surface area contributed by atoms with Gasteiger partial charge < -0.3 is 4.90 Å². The molecule has 4 aromatic rings. The monoisotopic (exact) mass is 483 g/mol. The Kier molecular flexibility index (Phi) is 5.53. The van der Waals surface area contributed by atoms with Gasteiger partial charge in [0.05, 0.1) is 10.6 Å². The average molecular weight is 484 g/mol. The Balaban J connectivity index is 1.95. The minimum Gasteiger partial charge on any atom is -0.305 e. The van der Waals surface area contributed by atoms with Gasteiger partial charge in [-0.3, -0.25) is 0 Å². The minimum absolute atomic E-state index is 0.234. The van der Waals surface area contributed by atoms with E-state index in [-0.39, 0.29) is 4.90 Å². The standard InChI is InChI=1S/C23H22BrN3O2S/c1-16-4-10-19(11-5-16)30(28,29)27-22(14-20-21(24)12-13-25-23(20)27)18-8-6-17(7-9-18)15-26(2)3/h4-14H,15H2,1-3H3. The zero-order valence-corrected chi connectivity index (χ0v) is 19.4. The van der Waals surface area contributed by atoms with Gasteiger partial charge in [-0.25, -0.2) is 17.4 Å². The van der Waals surface area contributed by atoms with Crippen LogP contribution in [0, 0.1) is 6.92 Å². The third kappa shape index (κ3) is 3.80. The summed E-state index contributed by atoms with van der Waals surface area (Å²) in [5, 5.41) is 0.751. The van der Waals surface area contributed by atoms with Crippen molar-refractivity contribution in [1.29, 1.82) is 0 Å². The highest BCUT2D eigenvalue weighted by molar-refractivity contribution is 9.10. The molecule has 0 aliphatic heterocycles. The van der Waals surface area contributed by atoms with Crippen LogP contribution in [0.3, 0.4) is 0 Å². The summed E-state index contributed by atoms with van der Waals surface area (Å²) in [5.41, 5.74) is 3.97. The quantitative estimate of drug-likeness (QED) is 0.397. The Morgan fingerprint density at radius 1 is 1.00 bits per heavy atom. The Morgan fingerprint density at radius 3 is 2.30 bits per heavy atom. The summed E-state index contributed by atoms with van der Waals surface area (Å²) >= 11 is 3.53. The maximum Gasteiger partial charge on any atom is 0.269 e. The minimum atomic E-state index is -3.84. The highest BCUT2D eigenvalue weighted by atomic mass is 79.9. The highest BCUT2D eigenvalue weighted by Crippen LogP contribution is 2.34. The fourth-order valence-electron chi connectivity index (χ4n) is 3.45. The zero-order valence-electron chi connectivity index (χ0n) is 17.0. The van der Waals surface area contributed by atoms with Crippen molar-refractivity contribution in [3.63, 3.8) is 0 Å². The molecule has 30 heavy (non-hydrogen) atoms. The average Bonchev–Trinajstić information content (AvgIpc) is 3.10. The van der Waals surface area contributed by atoms with Gasteiger partial charge in [0.25, 0.3) is 10.0 Å². The predicted octanol–water partition coefficient (Wildman–Crippen LogP) is 5.07. The number of hydrogen-bond donors (Lipinski definition) is 0. The van der Waals surface area contributed by atoms with Crippen LogP contribution in [0.25, 0.3) is 22.3 Å². The first-order chi connectivity index (χ1) is 14.3. The second-order valence-corrected chi connectivity index (χ2v) is 10.2. The molecule has 0 bridgehead atoms. The van der Waals surface area contributed by atoms with Gasteiger partial charge in [0, 0.05) is 22.6 Å². The molecule has 154 valence electrons. The van der Waals surface area contributed by atoms with Crippen LogP contribution in [-0.4, -0.2) is 36.4 Å².